The smallest absolute Gasteiger partial charge is 0.260 e. The molecule has 1 fully saturated rings. The Labute approximate surface area is 170 Å². The molecule has 0 spiro atoms. The number of aryl methyl sites for hydroxylation is 1. The van der Waals surface area contributed by atoms with Gasteiger partial charge in [0.05, 0.1) is 0 Å². The number of benzene rings is 2. The Balaban J connectivity index is 1.46. The lowest BCUT2D eigenvalue weighted by Gasteiger charge is -2.32. The van der Waals surface area contributed by atoms with Crippen molar-refractivity contribution < 1.29 is 14.3 Å². The highest BCUT2D eigenvalue weighted by Crippen LogP contribution is 2.21. The van der Waals surface area contributed by atoms with Gasteiger partial charge < -0.3 is 15.0 Å². The molecule has 3 rings (SSSR count). The van der Waals surface area contributed by atoms with E-state index in [-0.39, 0.29) is 24.5 Å². The van der Waals surface area contributed by atoms with E-state index < -0.39 is 0 Å². The molecule has 1 saturated heterocycles. The van der Waals surface area contributed by atoms with Crippen molar-refractivity contribution in [3.8, 4) is 5.75 Å². The molecule has 148 valence electrons. The zero-order valence-electron chi connectivity index (χ0n) is 16.2. The van der Waals surface area contributed by atoms with Crippen LogP contribution < -0.4 is 10.1 Å². The molecule has 2 aromatic carbocycles. The van der Waals surface area contributed by atoms with Crippen LogP contribution in [0.15, 0.2) is 42.5 Å². The number of amides is 2. The summed E-state index contributed by atoms with van der Waals surface area (Å²) in [5.74, 6) is 0.586. The monoisotopic (exact) mass is 400 g/mol. The van der Waals surface area contributed by atoms with E-state index in [0.29, 0.717) is 23.7 Å². The molecule has 2 amide bonds. The van der Waals surface area contributed by atoms with Crippen LogP contribution in [0.25, 0.3) is 0 Å². The third-order valence-electron chi connectivity index (χ3n) is 5.18. The zero-order chi connectivity index (χ0) is 20.1. The Morgan fingerprint density at radius 1 is 1.14 bits per heavy atom. The van der Waals surface area contributed by atoms with Crippen LogP contribution in [0.3, 0.4) is 0 Å². The Morgan fingerprint density at radius 2 is 1.86 bits per heavy atom. The van der Waals surface area contributed by atoms with Gasteiger partial charge in [-0.15, -0.1) is 0 Å². The van der Waals surface area contributed by atoms with Gasteiger partial charge in [-0.25, -0.2) is 0 Å². The summed E-state index contributed by atoms with van der Waals surface area (Å²) in [7, 11) is 0. The summed E-state index contributed by atoms with van der Waals surface area (Å²) in [6, 6.07) is 12.8. The number of hydrogen-bond acceptors (Lipinski definition) is 3. The largest absolute Gasteiger partial charge is 0.483 e. The van der Waals surface area contributed by atoms with Crippen molar-refractivity contribution in [2.24, 2.45) is 0 Å². The summed E-state index contributed by atoms with van der Waals surface area (Å²) >= 11 is 5.94. The summed E-state index contributed by atoms with van der Waals surface area (Å²) in [6.45, 7) is 5.25. The van der Waals surface area contributed by atoms with Gasteiger partial charge in [-0.1, -0.05) is 29.8 Å². The number of hydrogen-bond donors (Lipinski definition) is 1. The normalized spacial score (nSPS) is 14.6. The van der Waals surface area contributed by atoms with Crippen LogP contribution in [-0.2, 0) is 4.79 Å². The van der Waals surface area contributed by atoms with Crippen LogP contribution in [0.1, 0.15) is 34.3 Å². The van der Waals surface area contributed by atoms with Gasteiger partial charge in [-0.3, -0.25) is 9.59 Å². The molecule has 1 heterocycles. The summed E-state index contributed by atoms with van der Waals surface area (Å²) in [5, 5.41) is 3.57. The topological polar surface area (TPSA) is 58.6 Å². The number of rotatable bonds is 5. The van der Waals surface area contributed by atoms with Crippen molar-refractivity contribution in [3.63, 3.8) is 0 Å². The van der Waals surface area contributed by atoms with Crippen molar-refractivity contribution in [1.29, 1.82) is 0 Å². The second-order valence-corrected chi connectivity index (χ2v) is 7.56. The Hall–Kier alpha value is -2.53. The molecule has 28 heavy (non-hydrogen) atoms. The highest BCUT2D eigenvalue weighted by Gasteiger charge is 2.24. The number of carbonyl (C=O) groups is 2. The number of likely N-dealkylation sites (tertiary alicyclic amines) is 1. The molecule has 0 atom stereocenters. The molecule has 0 saturated carbocycles. The fraction of sp³-hybridized carbons (Fsp3) is 0.364. The van der Waals surface area contributed by atoms with Gasteiger partial charge in [0.2, 0.25) is 0 Å². The summed E-state index contributed by atoms with van der Waals surface area (Å²) in [4.78, 5) is 26.6. The van der Waals surface area contributed by atoms with E-state index in [0.717, 1.165) is 29.7 Å². The van der Waals surface area contributed by atoms with E-state index in [9.17, 15) is 9.59 Å². The van der Waals surface area contributed by atoms with E-state index in [1.807, 2.05) is 32.0 Å². The molecular weight excluding hydrogens is 376 g/mol. The highest BCUT2D eigenvalue weighted by atomic mass is 35.5. The third-order valence-corrected chi connectivity index (χ3v) is 5.41. The van der Waals surface area contributed by atoms with Crippen LogP contribution in [0.4, 0.5) is 0 Å². The van der Waals surface area contributed by atoms with Crippen LogP contribution >= 0.6 is 11.6 Å². The second-order valence-electron chi connectivity index (χ2n) is 7.13. The lowest BCUT2D eigenvalue weighted by atomic mass is 10.0. The molecule has 2 aromatic rings. The number of halogens is 1. The number of piperidine rings is 1. The van der Waals surface area contributed by atoms with E-state index in [1.54, 1.807) is 29.2 Å². The predicted octanol–water partition coefficient (Wildman–Crippen LogP) is 3.76. The molecule has 6 heteroatoms. The number of ether oxygens (including phenoxy) is 1. The van der Waals surface area contributed by atoms with Gasteiger partial charge in [-0.2, -0.15) is 0 Å². The molecule has 1 aliphatic heterocycles. The SMILES string of the molecule is Cc1cccc(OCC(=O)N2CCC(NC(=O)c3cccc(Cl)c3)CC2)c1C. The van der Waals surface area contributed by atoms with Crippen molar-refractivity contribution >= 4 is 23.4 Å². The zero-order valence-corrected chi connectivity index (χ0v) is 17.0. The number of nitrogens with one attached hydrogen (secondary N) is 1. The Kier molecular flexibility index (Phi) is 6.57. The number of nitrogens with zero attached hydrogens (tertiary/aromatic N) is 1. The molecule has 0 radical (unpaired) electrons. The summed E-state index contributed by atoms with van der Waals surface area (Å²) in [5.41, 5.74) is 2.74. The molecule has 0 bridgehead atoms. The van der Waals surface area contributed by atoms with Gasteiger partial charge in [0, 0.05) is 29.7 Å². The maximum absolute atomic E-state index is 12.5. The molecule has 0 aliphatic carbocycles. The van der Waals surface area contributed by atoms with Crippen molar-refractivity contribution in [3.05, 3.63) is 64.2 Å². The fourth-order valence-electron chi connectivity index (χ4n) is 3.28. The van der Waals surface area contributed by atoms with Crippen molar-refractivity contribution in [2.45, 2.75) is 32.7 Å². The number of carbonyl (C=O) groups excluding carboxylic acids is 2. The van der Waals surface area contributed by atoms with E-state index in [1.165, 1.54) is 0 Å². The first-order chi connectivity index (χ1) is 13.4. The first-order valence-electron chi connectivity index (χ1n) is 9.47. The van der Waals surface area contributed by atoms with Crippen LogP contribution in [0.5, 0.6) is 5.75 Å². The van der Waals surface area contributed by atoms with Crippen LogP contribution in [-0.4, -0.2) is 42.5 Å². The Bertz CT molecular complexity index is 861. The standard InChI is InChI=1S/C22H25ClN2O3/c1-15-5-3-8-20(16(15)2)28-14-21(26)25-11-9-19(10-12-25)24-22(27)17-6-4-7-18(23)13-17/h3-8,13,19H,9-12,14H2,1-2H3,(H,24,27). The van der Waals surface area contributed by atoms with Gasteiger partial charge in [0.1, 0.15) is 5.75 Å². The first kappa shape index (κ1) is 20.2. The molecule has 0 aromatic heterocycles. The van der Waals surface area contributed by atoms with Gasteiger partial charge in [0.25, 0.3) is 11.8 Å². The molecule has 5 nitrogen and oxygen atoms in total. The minimum absolute atomic E-state index is 0.0273. The second kappa shape index (κ2) is 9.11. The first-order valence-corrected chi connectivity index (χ1v) is 9.85. The third kappa shape index (κ3) is 5.04. The van der Waals surface area contributed by atoms with E-state index in [2.05, 4.69) is 5.32 Å². The average Bonchev–Trinajstić information content (AvgIpc) is 2.69. The molecule has 1 aliphatic rings. The molecule has 1 N–H and O–H groups in total. The van der Waals surface area contributed by atoms with Gasteiger partial charge in [-0.05, 0) is 62.1 Å². The lowest BCUT2D eigenvalue weighted by molar-refractivity contribution is -0.134. The molecule has 0 unspecified atom stereocenters. The Morgan fingerprint density at radius 3 is 2.57 bits per heavy atom. The summed E-state index contributed by atoms with van der Waals surface area (Å²) < 4.78 is 5.72. The van der Waals surface area contributed by atoms with E-state index in [4.69, 9.17) is 16.3 Å². The van der Waals surface area contributed by atoms with Crippen molar-refractivity contribution in [2.75, 3.05) is 19.7 Å². The minimum atomic E-state index is -0.134. The fourth-order valence-corrected chi connectivity index (χ4v) is 3.47. The van der Waals surface area contributed by atoms with E-state index >= 15 is 0 Å². The lowest BCUT2D eigenvalue weighted by Crippen LogP contribution is -2.47. The average molecular weight is 401 g/mol. The quantitative estimate of drug-likeness (QED) is 0.831. The van der Waals surface area contributed by atoms with Gasteiger partial charge in [0.15, 0.2) is 6.61 Å². The van der Waals surface area contributed by atoms with Crippen LogP contribution in [0.2, 0.25) is 5.02 Å². The van der Waals surface area contributed by atoms with Gasteiger partial charge >= 0.3 is 0 Å². The minimum Gasteiger partial charge on any atom is -0.483 e. The maximum Gasteiger partial charge on any atom is 0.260 e. The molecular formula is C22H25ClN2O3. The van der Waals surface area contributed by atoms with Crippen molar-refractivity contribution in [1.82, 2.24) is 10.2 Å². The predicted molar refractivity (Wildman–Crippen MR) is 110 cm³/mol. The maximum atomic E-state index is 12.5. The van der Waals surface area contributed by atoms with Crippen LogP contribution in [0, 0.1) is 13.8 Å². The highest BCUT2D eigenvalue weighted by molar-refractivity contribution is 6.30. The summed E-state index contributed by atoms with van der Waals surface area (Å²) in [6.07, 6.45) is 1.45.